The number of benzene rings is 3. The van der Waals surface area contributed by atoms with Gasteiger partial charge in [-0.2, -0.15) is 0 Å². The summed E-state index contributed by atoms with van der Waals surface area (Å²) in [4.78, 5) is 28.7. The van der Waals surface area contributed by atoms with E-state index >= 15 is 0 Å². The zero-order valence-electron chi connectivity index (χ0n) is 23.6. The van der Waals surface area contributed by atoms with Crippen LogP contribution in [0.4, 0.5) is 5.69 Å². The molecule has 40 heavy (non-hydrogen) atoms. The number of nitrogens with one attached hydrogen (secondary N) is 1. The molecular weight excluding hydrogens is 594 g/mol. The summed E-state index contributed by atoms with van der Waals surface area (Å²) >= 11 is 3.46. The number of carbonyl (C=O) groups is 2. The van der Waals surface area contributed by atoms with Crippen LogP contribution in [0, 0.1) is 6.92 Å². The van der Waals surface area contributed by atoms with E-state index in [-0.39, 0.29) is 23.0 Å². The fourth-order valence-corrected chi connectivity index (χ4v) is 6.00. The Morgan fingerprint density at radius 3 is 2.27 bits per heavy atom. The molecule has 0 saturated heterocycles. The third-order valence-corrected chi connectivity index (χ3v) is 8.39. The lowest BCUT2D eigenvalue weighted by molar-refractivity contribution is -0.140. The minimum atomic E-state index is -4.19. The van der Waals surface area contributed by atoms with Gasteiger partial charge in [-0.25, -0.2) is 8.42 Å². The molecule has 2 amide bonds. The van der Waals surface area contributed by atoms with Crippen molar-refractivity contribution in [3.8, 4) is 5.75 Å². The number of aryl methyl sites for hydroxylation is 1. The maximum atomic E-state index is 14.1. The van der Waals surface area contributed by atoms with Crippen LogP contribution in [-0.4, -0.2) is 50.4 Å². The van der Waals surface area contributed by atoms with E-state index in [1.54, 1.807) is 43.3 Å². The highest BCUT2D eigenvalue weighted by molar-refractivity contribution is 9.10. The van der Waals surface area contributed by atoms with E-state index in [4.69, 9.17) is 4.74 Å². The average Bonchev–Trinajstić information content (AvgIpc) is 2.89. The Morgan fingerprint density at radius 1 is 1.00 bits per heavy atom. The van der Waals surface area contributed by atoms with Crippen LogP contribution in [0.15, 0.2) is 82.2 Å². The van der Waals surface area contributed by atoms with Gasteiger partial charge in [0.1, 0.15) is 18.3 Å². The summed E-state index contributed by atoms with van der Waals surface area (Å²) in [7, 11) is -2.74. The van der Waals surface area contributed by atoms with Crippen molar-refractivity contribution in [3.05, 3.63) is 88.4 Å². The molecule has 0 heterocycles. The second kappa shape index (κ2) is 12.9. The first-order valence-electron chi connectivity index (χ1n) is 12.8. The molecule has 0 aromatic heterocycles. The molecule has 0 bridgehead atoms. The molecule has 0 saturated carbocycles. The maximum absolute atomic E-state index is 14.1. The van der Waals surface area contributed by atoms with Gasteiger partial charge in [-0.1, -0.05) is 52.3 Å². The average molecular weight is 631 g/mol. The summed E-state index contributed by atoms with van der Waals surface area (Å²) in [6, 6.07) is 19.6. The first kappa shape index (κ1) is 31.2. The van der Waals surface area contributed by atoms with Gasteiger partial charge in [0.25, 0.3) is 10.0 Å². The SMILES string of the molecule is COc1ccc(C)cc1N(CC(=O)N(Cc1cccc(Br)c1)[C@H](C)C(=O)NC(C)(C)C)S(=O)(=O)c1ccccc1. The summed E-state index contributed by atoms with van der Waals surface area (Å²) in [6.45, 7) is 8.60. The molecule has 0 unspecified atom stereocenters. The lowest BCUT2D eigenvalue weighted by Gasteiger charge is -2.33. The zero-order chi connectivity index (χ0) is 29.7. The lowest BCUT2D eigenvalue weighted by Crippen LogP contribution is -2.54. The van der Waals surface area contributed by atoms with E-state index in [1.807, 2.05) is 52.0 Å². The Morgan fingerprint density at radius 2 is 1.68 bits per heavy atom. The molecule has 10 heteroatoms. The predicted molar refractivity (Wildman–Crippen MR) is 161 cm³/mol. The number of halogens is 1. The van der Waals surface area contributed by atoms with Crippen LogP contribution in [0.5, 0.6) is 5.75 Å². The number of ether oxygens (including phenoxy) is 1. The summed E-state index contributed by atoms with van der Waals surface area (Å²) in [6.07, 6.45) is 0. The summed E-state index contributed by atoms with van der Waals surface area (Å²) in [5.41, 5.74) is 1.28. The number of methoxy groups -OCH3 is 1. The third kappa shape index (κ3) is 7.85. The standard InChI is InChI=1S/C30H36BrN3O5S/c1-21-15-16-27(39-6)26(17-21)34(40(37,38)25-13-8-7-9-14-25)20-28(35)33(19-23-11-10-12-24(31)18-23)22(2)29(36)32-30(3,4)5/h7-18,22H,19-20H2,1-6H3,(H,32,36)/t22-/m1/s1. The van der Waals surface area contributed by atoms with Gasteiger partial charge >= 0.3 is 0 Å². The molecule has 8 nitrogen and oxygen atoms in total. The number of hydrogen-bond acceptors (Lipinski definition) is 5. The quantitative estimate of drug-likeness (QED) is 0.329. The van der Waals surface area contributed by atoms with E-state index in [0.717, 1.165) is 19.9 Å². The van der Waals surface area contributed by atoms with Crippen LogP contribution in [0.25, 0.3) is 0 Å². The number of sulfonamides is 1. The molecule has 1 atom stereocenters. The normalized spacial score (nSPS) is 12.4. The molecule has 214 valence electrons. The van der Waals surface area contributed by atoms with E-state index in [9.17, 15) is 18.0 Å². The van der Waals surface area contributed by atoms with Crippen LogP contribution in [0.2, 0.25) is 0 Å². The summed E-state index contributed by atoms with van der Waals surface area (Å²) < 4.78 is 35.3. The van der Waals surface area contributed by atoms with Gasteiger partial charge < -0.3 is 15.0 Å². The van der Waals surface area contributed by atoms with E-state index in [1.165, 1.54) is 24.1 Å². The smallest absolute Gasteiger partial charge is 0.264 e. The second-order valence-corrected chi connectivity index (χ2v) is 13.3. The topological polar surface area (TPSA) is 96.0 Å². The summed E-state index contributed by atoms with van der Waals surface area (Å²) in [5.74, 6) is -0.587. The van der Waals surface area contributed by atoms with Crippen molar-refractivity contribution < 1.29 is 22.7 Å². The molecule has 3 aromatic rings. The Labute approximate surface area is 245 Å². The fraction of sp³-hybridized carbons (Fsp3) is 0.333. The number of hydrogen-bond donors (Lipinski definition) is 1. The van der Waals surface area contributed by atoms with Crippen molar-refractivity contribution in [2.45, 2.75) is 57.6 Å². The Hall–Kier alpha value is -3.37. The Bertz CT molecular complexity index is 1460. The minimum Gasteiger partial charge on any atom is -0.495 e. The van der Waals surface area contributed by atoms with Crippen LogP contribution in [-0.2, 0) is 26.2 Å². The molecular formula is C30H36BrN3O5S. The van der Waals surface area contributed by atoms with Crippen LogP contribution in [0.3, 0.4) is 0 Å². The van der Waals surface area contributed by atoms with Gasteiger partial charge in [0.15, 0.2) is 0 Å². The van der Waals surface area contributed by atoms with Gasteiger partial charge in [0, 0.05) is 16.6 Å². The molecule has 0 aliphatic carbocycles. The van der Waals surface area contributed by atoms with E-state index < -0.39 is 34.1 Å². The number of anilines is 1. The van der Waals surface area contributed by atoms with Crippen LogP contribution < -0.4 is 14.4 Å². The first-order chi connectivity index (χ1) is 18.7. The van der Waals surface area contributed by atoms with Crippen molar-refractivity contribution in [1.82, 2.24) is 10.2 Å². The van der Waals surface area contributed by atoms with Crippen molar-refractivity contribution in [2.75, 3.05) is 18.0 Å². The van der Waals surface area contributed by atoms with E-state index in [0.29, 0.717) is 5.75 Å². The first-order valence-corrected chi connectivity index (χ1v) is 15.0. The molecule has 3 rings (SSSR count). The molecule has 0 aliphatic heterocycles. The van der Waals surface area contributed by atoms with Gasteiger partial charge in [0.2, 0.25) is 11.8 Å². The third-order valence-electron chi connectivity index (χ3n) is 6.12. The van der Waals surface area contributed by atoms with Crippen molar-refractivity contribution >= 4 is 43.5 Å². The number of rotatable bonds is 10. The molecule has 0 aliphatic rings. The van der Waals surface area contributed by atoms with Gasteiger partial charge in [-0.05, 0) is 82.1 Å². The highest BCUT2D eigenvalue weighted by Gasteiger charge is 2.34. The van der Waals surface area contributed by atoms with E-state index in [2.05, 4.69) is 21.2 Å². The zero-order valence-corrected chi connectivity index (χ0v) is 26.0. The van der Waals surface area contributed by atoms with Gasteiger partial charge in [-0.3, -0.25) is 13.9 Å². The summed E-state index contributed by atoms with van der Waals surface area (Å²) in [5, 5.41) is 2.92. The second-order valence-electron chi connectivity index (χ2n) is 10.6. The monoisotopic (exact) mass is 629 g/mol. The molecule has 0 radical (unpaired) electrons. The van der Waals surface area contributed by atoms with Gasteiger partial charge in [-0.15, -0.1) is 0 Å². The van der Waals surface area contributed by atoms with Crippen LogP contribution in [0.1, 0.15) is 38.8 Å². The fourth-order valence-electron chi connectivity index (χ4n) is 4.12. The molecule has 0 fully saturated rings. The van der Waals surface area contributed by atoms with Crippen molar-refractivity contribution in [2.24, 2.45) is 0 Å². The molecule has 1 N–H and O–H groups in total. The largest absolute Gasteiger partial charge is 0.495 e. The van der Waals surface area contributed by atoms with Crippen molar-refractivity contribution in [1.29, 1.82) is 0 Å². The number of amides is 2. The highest BCUT2D eigenvalue weighted by atomic mass is 79.9. The number of nitrogens with zero attached hydrogens (tertiary/aromatic N) is 2. The lowest BCUT2D eigenvalue weighted by atomic mass is 10.1. The highest BCUT2D eigenvalue weighted by Crippen LogP contribution is 2.33. The Balaban J connectivity index is 2.10. The Kier molecular flexibility index (Phi) is 10.0. The number of carbonyl (C=O) groups excluding carboxylic acids is 2. The molecule has 0 spiro atoms. The van der Waals surface area contributed by atoms with Crippen molar-refractivity contribution in [3.63, 3.8) is 0 Å². The maximum Gasteiger partial charge on any atom is 0.264 e. The minimum absolute atomic E-state index is 0.0309. The van der Waals surface area contributed by atoms with Gasteiger partial charge in [0.05, 0.1) is 17.7 Å². The predicted octanol–water partition coefficient (Wildman–Crippen LogP) is 5.29. The molecule has 3 aromatic carbocycles. The van der Waals surface area contributed by atoms with Crippen LogP contribution >= 0.6 is 15.9 Å².